The van der Waals surface area contributed by atoms with E-state index >= 15 is 0 Å². The van der Waals surface area contributed by atoms with Crippen LogP contribution in [0, 0.1) is 0 Å². The van der Waals surface area contributed by atoms with E-state index in [2.05, 4.69) is 5.32 Å². The van der Waals surface area contributed by atoms with E-state index in [0.29, 0.717) is 6.54 Å². The SMILES string of the molecule is O=C(O)[C@H](C[C@@H](O)c1ccccc1)NCc1ccccc1. The van der Waals surface area contributed by atoms with Crippen LogP contribution < -0.4 is 5.32 Å². The van der Waals surface area contributed by atoms with Crippen LogP contribution in [0.25, 0.3) is 0 Å². The molecule has 0 unspecified atom stereocenters. The molecule has 0 spiro atoms. The molecule has 0 amide bonds. The first-order valence-electron chi connectivity index (χ1n) is 6.90. The summed E-state index contributed by atoms with van der Waals surface area (Å²) in [4.78, 5) is 11.3. The Hall–Kier alpha value is -2.17. The molecule has 0 bridgehead atoms. The van der Waals surface area contributed by atoms with Crippen LogP contribution in [0.3, 0.4) is 0 Å². The summed E-state index contributed by atoms with van der Waals surface area (Å²) in [6.45, 7) is 0.458. The second kappa shape index (κ2) is 7.57. The normalized spacial score (nSPS) is 13.6. The van der Waals surface area contributed by atoms with Gasteiger partial charge >= 0.3 is 5.97 Å². The fourth-order valence-corrected chi connectivity index (χ4v) is 2.14. The van der Waals surface area contributed by atoms with Crippen molar-refractivity contribution in [3.05, 3.63) is 71.8 Å². The van der Waals surface area contributed by atoms with Crippen LogP contribution >= 0.6 is 0 Å². The summed E-state index contributed by atoms with van der Waals surface area (Å²) in [6.07, 6.45) is -0.665. The average molecular weight is 285 g/mol. The molecule has 2 aromatic rings. The van der Waals surface area contributed by atoms with Crippen molar-refractivity contribution in [3.8, 4) is 0 Å². The highest BCUT2D eigenvalue weighted by molar-refractivity contribution is 5.73. The highest BCUT2D eigenvalue weighted by Crippen LogP contribution is 2.18. The molecule has 0 aliphatic rings. The number of benzene rings is 2. The number of hydrogen-bond donors (Lipinski definition) is 3. The molecule has 4 heteroatoms. The van der Waals surface area contributed by atoms with Crippen molar-refractivity contribution in [1.82, 2.24) is 5.32 Å². The van der Waals surface area contributed by atoms with E-state index in [9.17, 15) is 15.0 Å². The molecule has 0 aliphatic heterocycles. The summed E-state index contributed by atoms with van der Waals surface area (Å²) >= 11 is 0. The Labute approximate surface area is 124 Å². The van der Waals surface area contributed by atoms with Gasteiger partial charge in [-0.2, -0.15) is 0 Å². The Morgan fingerprint density at radius 2 is 1.57 bits per heavy atom. The fourth-order valence-electron chi connectivity index (χ4n) is 2.14. The van der Waals surface area contributed by atoms with Gasteiger partial charge in [0.15, 0.2) is 0 Å². The van der Waals surface area contributed by atoms with Crippen molar-refractivity contribution in [2.24, 2.45) is 0 Å². The van der Waals surface area contributed by atoms with E-state index < -0.39 is 18.1 Å². The topological polar surface area (TPSA) is 69.6 Å². The molecular weight excluding hydrogens is 266 g/mol. The molecule has 21 heavy (non-hydrogen) atoms. The maximum absolute atomic E-state index is 11.3. The zero-order valence-electron chi connectivity index (χ0n) is 11.6. The van der Waals surface area contributed by atoms with E-state index in [1.807, 2.05) is 48.5 Å². The standard InChI is InChI=1S/C17H19NO3/c19-16(14-9-5-2-6-10-14)11-15(17(20)21)18-12-13-7-3-1-4-8-13/h1-10,15-16,18-19H,11-12H2,(H,20,21)/t15-,16+/m0/s1. The van der Waals surface area contributed by atoms with Crippen molar-refractivity contribution in [2.45, 2.75) is 25.1 Å². The third kappa shape index (κ3) is 4.70. The number of aliphatic hydroxyl groups excluding tert-OH is 1. The zero-order chi connectivity index (χ0) is 15.1. The van der Waals surface area contributed by atoms with Crippen molar-refractivity contribution in [1.29, 1.82) is 0 Å². The molecule has 2 atom stereocenters. The van der Waals surface area contributed by atoms with Gasteiger partial charge in [0, 0.05) is 13.0 Å². The number of carbonyl (C=O) groups is 1. The molecule has 2 aromatic carbocycles. The van der Waals surface area contributed by atoms with E-state index in [1.165, 1.54) is 0 Å². The number of carboxylic acids is 1. The van der Waals surface area contributed by atoms with Gasteiger partial charge in [-0.25, -0.2) is 0 Å². The summed E-state index contributed by atoms with van der Waals surface area (Å²) < 4.78 is 0. The number of aliphatic hydroxyl groups is 1. The summed E-state index contributed by atoms with van der Waals surface area (Å²) in [6, 6.07) is 17.9. The van der Waals surface area contributed by atoms with Gasteiger partial charge in [-0.05, 0) is 11.1 Å². The maximum atomic E-state index is 11.3. The predicted molar refractivity (Wildman–Crippen MR) is 80.7 cm³/mol. The van der Waals surface area contributed by atoms with Gasteiger partial charge in [0.1, 0.15) is 6.04 Å². The van der Waals surface area contributed by atoms with Gasteiger partial charge in [0.25, 0.3) is 0 Å². The molecule has 110 valence electrons. The molecule has 0 radical (unpaired) electrons. The van der Waals surface area contributed by atoms with Crippen molar-refractivity contribution >= 4 is 5.97 Å². The third-order valence-electron chi connectivity index (χ3n) is 3.34. The van der Waals surface area contributed by atoms with E-state index in [-0.39, 0.29) is 6.42 Å². The van der Waals surface area contributed by atoms with Crippen LogP contribution in [0.4, 0.5) is 0 Å². The molecule has 4 nitrogen and oxygen atoms in total. The lowest BCUT2D eigenvalue weighted by Crippen LogP contribution is -2.37. The molecule has 0 aromatic heterocycles. The van der Waals surface area contributed by atoms with Gasteiger partial charge < -0.3 is 15.5 Å². The number of rotatable bonds is 7. The van der Waals surface area contributed by atoms with Crippen molar-refractivity contribution < 1.29 is 15.0 Å². The molecule has 3 N–H and O–H groups in total. The minimum Gasteiger partial charge on any atom is -0.480 e. The summed E-state index contributed by atoms with van der Waals surface area (Å²) in [5.74, 6) is -0.957. The second-order valence-corrected chi connectivity index (χ2v) is 4.92. The quantitative estimate of drug-likeness (QED) is 0.730. The van der Waals surface area contributed by atoms with Crippen molar-refractivity contribution in [2.75, 3.05) is 0 Å². The average Bonchev–Trinajstić information content (AvgIpc) is 2.52. The number of nitrogens with one attached hydrogen (secondary N) is 1. The first-order chi connectivity index (χ1) is 10.2. The number of aliphatic carboxylic acids is 1. The second-order valence-electron chi connectivity index (χ2n) is 4.92. The fraction of sp³-hybridized carbons (Fsp3) is 0.235. The molecule has 0 heterocycles. The van der Waals surface area contributed by atoms with Gasteiger partial charge in [-0.1, -0.05) is 60.7 Å². The molecule has 0 fully saturated rings. The first-order valence-corrected chi connectivity index (χ1v) is 6.90. The van der Waals surface area contributed by atoms with Crippen LogP contribution in [-0.4, -0.2) is 22.2 Å². The highest BCUT2D eigenvalue weighted by atomic mass is 16.4. The van der Waals surface area contributed by atoms with Crippen LogP contribution in [-0.2, 0) is 11.3 Å². The first kappa shape index (κ1) is 15.2. The highest BCUT2D eigenvalue weighted by Gasteiger charge is 2.21. The van der Waals surface area contributed by atoms with Gasteiger partial charge in [-0.3, -0.25) is 4.79 Å². The maximum Gasteiger partial charge on any atom is 0.320 e. The van der Waals surface area contributed by atoms with Crippen LogP contribution in [0.1, 0.15) is 23.7 Å². The smallest absolute Gasteiger partial charge is 0.320 e. The molecule has 0 saturated carbocycles. The Morgan fingerprint density at radius 1 is 1.00 bits per heavy atom. The molecule has 2 rings (SSSR count). The van der Waals surface area contributed by atoms with Crippen molar-refractivity contribution in [3.63, 3.8) is 0 Å². The number of hydrogen-bond acceptors (Lipinski definition) is 3. The summed E-state index contributed by atoms with van der Waals surface area (Å²) in [7, 11) is 0. The van der Waals surface area contributed by atoms with Gasteiger partial charge in [0.05, 0.1) is 6.10 Å². The largest absolute Gasteiger partial charge is 0.480 e. The van der Waals surface area contributed by atoms with Gasteiger partial charge in [0.2, 0.25) is 0 Å². The van der Waals surface area contributed by atoms with Crippen LogP contribution in [0.2, 0.25) is 0 Å². The van der Waals surface area contributed by atoms with E-state index in [4.69, 9.17) is 0 Å². The monoisotopic (exact) mass is 285 g/mol. The Balaban J connectivity index is 1.95. The summed E-state index contributed by atoms with van der Waals surface area (Å²) in [5.41, 5.74) is 1.74. The predicted octanol–water partition coefficient (Wildman–Crippen LogP) is 2.35. The van der Waals surface area contributed by atoms with Crippen LogP contribution in [0.5, 0.6) is 0 Å². The Morgan fingerprint density at radius 3 is 2.14 bits per heavy atom. The molecule has 0 saturated heterocycles. The zero-order valence-corrected chi connectivity index (χ0v) is 11.6. The minimum absolute atomic E-state index is 0.131. The van der Waals surface area contributed by atoms with E-state index in [1.54, 1.807) is 12.1 Å². The molecular formula is C17H19NO3. The summed E-state index contributed by atoms with van der Waals surface area (Å²) in [5, 5.41) is 22.4. The number of carboxylic acid groups (broad SMARTS) is 1. The molecule has 0 aliphatic carbocycles. The van der Waals surface area contributed by atoms with Gasteiger partial charge in [-0.15, -0.1) is 0 Å². The van der Waals surface area contributed by atoms with E-state index in [0.717, 1.165) is 11.1 Å². The van der Waals surface area contributed by atoms with Crippen LogP contribution in [0.15, 0.2) is 60.7 Å². The third-order valence-corrected chi connectivity index (χ3v) is 3.34. The minimum atomic E-state index is -0.957. The lowest BCUT2D eigenvalue weighted by Gasteiger charge is -2.18. The Bertz CT molecular complexity index is 557. The lowest BCUT2D eigenvalue weighted by atomic mass is 10.0. The Kier molecular flexibility index (Phi) is 5.49. The lowest BCUT2D eigenvalue weighted by molar-refractivity contribution is -0.140.